The average Bonchev–Trinajstić information content (AvgIpc) is 3.09. The zero-order valence-corrected chi connectivity index (χ0v) is 9.22. The number of para-hydroxylation sites is 1. The van der Waals surface area contributed by atoms with Crippen LogP contribution in [0.2, 0.25) is 0 Å². The van der Waals surface area contributed by atoms with Crippen LogP contribution in [0.15, 0.2) is 30.3 Å². The molecule has 0 amide bonds. The van der Waals surface area contributed by atoms with E-state index >= 15 is 0 Å². The third-order valence-corrected chi connectivity index (χ3v) is 2.26. The number of hydrogen-bond acceptors (Lipinski definition) is 7. The minimum atomic E-state index is 0.393. The van der Waals surface area contributed by atoms with Gasteiger partial charge >= 0.3 is 0 Å². The van der Waals surface area contributed by atoms with E-state index in [0.717, 1.165) is 5.69 Å². The summed E-state index contributed by atoms with van der Waals surface area (Å²) in [5.74, 6) is 1.06. The SMILES string of the molecule is c1ccc(-n2nnnc2NCc2nn[nH]n2)cc1. The van der Waals surface area contributed by atoms with Gasteiger partial charge in [-0.3, -0.25) is 0 Å². The average molecular weight is 243 g/mol. The molecule has 0 unspecified atom stereocenters. The monoisotopic (exact) mass is 243 g/mol. The van der Waals surface area contributed by atoms with E-state index in [1.807, 2.05) is 30.3 Å². The maximum absolute atomic E-state index is 3.92. The Hall–Kier alpha value is -2.84. The van der Waals surface area contributed by atoms with Crippen LogP contribution in [-0.2, 0) is 6.54 Å². The van der Waals surface area contributed by atoms with Gasteiger partial charge in [-0.25, -0.2) is 0 Å². The van der Waals surface area contributed by atoms with Crippen molar-refractivity contribution in [3.8, 4) is 5.69 Å². The Bertz CT molecular complexity index is 600. The van der Waals surface area contributed by atoms with Crippen LogP contribution in [0.5, 0.6) is 0 Å². The van der Waals surface area contributed by atoms with Crippen molar-refractivity contribution in [3.05, 3.63) is 36.2 Å². The summed E-state index contributed by atoms with van der Waals surface area (Å²) >= 11 is 0. The molecule has 2 N–H and O–H groups in total. The minimum Gasteiger partial charge on any atom is -0.345 e. The van der Waals surface area contributed by atoms with Crippen LogP contribution < -0.4 is 5.32 Å². The van der Waals surface area contributed by atoms with Crippen LogP contribution in [0.4, 0.5) is 5.95 Å². The Balaban J connectivity index is 1.80. The first kappa shape index (κ1) is 10.3. The van der Waals surface area contributed by atoms with Gasteiger partial charge in [-0.2, -0.15) is 9.90 Å². The van der Waals surface area contributed by atoms with Crippen molar-refractivity contribution in [3.63, 3.8) is 0 Å². The molecule has 0 radical (unpaired) electrons. The molecule has 0 aliphatic carbocycles. The highest BCUT2D eigenvalue weighted by Crippen LogP contribution is 2.10. The van der Waals surface area contributed by atoms with Gasteiger partial charge in [0.1, 0.15) is 0 Å². The standard InChI is InChI=1S/C9H9N9/c1-2-4-7(5-3-1)18-9(13-16-17-18)10-6-8-11-14-15-12-8/h1-5H,6H2,(H,10,13,17)(H,11,12,14,15). The van der Waals surface area contributed by atoms with E-state index in [4.69, 9.17) is 0 Å². The summed E-state index contributed by atoms with van der Waals surface area (Å²) in [5.41, 5.74) is 0.873. The normalized spacial score (nSPS) is 10.4. The van der Waals surface area contributed by atoms with Crippen LogP contribution in [0.3, 0.4) is 0 Å². The molecule has 9 heteroatoms. The van der Waals surface area contributed by atoms with E-state index in [0.29, 0.717) is 18.3 Å². The molecule has 0 saturated carbocycles. The number of hydrogen-bond donors (Lipinski definition) is 2. The van der Waals surface area contributed by atoms with Crippen molar-refractivity contribution in [2.75, 3.05) is 5.32 Å². The number of nitrogens with one attached hydrogen (secondary N) is 2. The van der Waals surface area contributed by atoms with Gasteiger partial charge in [0.25, 0.3) is 0 Å². The summed E-state index contributed by atoms with van der Waals surface area (Å²) in [6.07, 6.45) is 0. The van der Waals surface area contributed by atoms with Gasteiger partial charge in [0, 0.05) is 0 Å². The zero-order chi connectivity index (χ0) is 12.2. The summed E-state index contributed by atoms with van der Waals surface area (Å²) in [5, 5.41) is 28.0. The van der Waals surface area contributed by atoms with Gasteiger partial charge in [-0.1, -0.05) is 28.5 Å². The number of nitrogens with zero attached hydrogens (tertiary/aromatic N) is 7. The molecule has 0 saturated heterocycles. The summed E-state index contributed by atoms with van der Waals surface area (Å²) in [7, 11) is 0. The predicted molar refractivity (Wildman–Crippen MR) is 60.7 cm³/mol. The minimum absolute atomic E-state index is 0.393. The molecule has 9 nitrogen and oxygen atoms in total. The lowest BCUT2D eigenvalue weighted by atomic mass is 10.3. The number of aromatic nitrogens is 8. The van der Waals surface area contributed by atoms with E-state index in [1.54, 1.807) is 4.68 Å². The largest absolute Gasteiger partial charge is 0.345 e. The maximum Gasteiger partial charge on any atom is 0.248 e. The van der Waals surface area contributed by atoms with E-state index in [2.05, 4.69) is 41.5 Å². The topological polar surface area (TPSA) is 110 Å². The number of benzene rings is 1. The Labute approximate surface area is 101 Å². The molecule has 0 bridgehead atoms. The fraction of sp³-hybridized carbons (Fsp3) is 0.111. The van der Waals surface area contributed by atoms with Crippen molar-refractivity contribution in [2.24, 2.45) is 0 Å². The number of tetrazole rings is 2. The van der Waals surface area contributed by atoms with Gasteiger partial charge in [0.05, 0.1) is 12.2 Å². The second-order valence-corrected chi connectivity index (χ2v) is 3.43. The van der Waals surface area contributed by atoms with Gasteiger partial charge < -0.3 is 5.32 Å². The highest BCUT2D eigenvalue weighted by atomic mass is 15.6. The Kier molecular flexibility index (Phi) is 2.62. The molecule has 0 fully saturated rings. The molecule has 3 aromatic rings. The number of H-pyrrole nitrogens is 1. The molecular weight excluding hydrogens is 234 g/mol. The second-order valence-electron chi connectivity index (χ2n) is 3.43. The molecular formula is C9H9N9. The van der Waals surface area contributed by atoms with Crippen molar-refractivity contribution >= 4 is 5.95 Å². The van der Waals surface area contributed by atoms with Crippen molar-refractivity contribution in [2.45, 2.75) is 6.54 Å². The molecule has 18 heavy (non-hydrogen) atoms. The molecule has 0 aliphatic rings. The first-order valence-corrected chi connectivity index (χ1v) is 5.23. The van der Waals surface area contributed by atoms with Crippen LogP contribution in [-0.4, -0.2) is 40.8 Å². The second kappa shape index (κ2) is 4.57. The number of rotatable bonds is 4. The van der Waals surface area contributed by atoms with E-state index in [-0.39, 0.29) is 0 Å². The summed E-state index contributed by atoms with van der Waals surface area (Å²) in [6, 6.07) is 9.59. The molecule has 0 aliphatic heterocycles. The fourth-order valence-corrected chi connectivity index (χ4v) is 1.46. The van der Waals surface area contributed by atoms with E-state index < -0.39 is 0 Å². The Morgan fingerprint density at radius 2 is 2.06 bits per heavy atom. The number of aromatic amines is 1. The summed E-state index contributed by atoms with van der Waals surface area (Å²) in [6.45, 7) is 0.393. The molecule has 0 spiro atoms. The van der Waals surface area contributed by atoms with Crippen molar-refractivity contribution in [1.29, 1.82) is 0 Å². The quantitative estimate of drug-likeness (QED) is 0.652. The van der Waals surface area contributed by atoms with Gasteiger partial charge in [-0.15, -0.1) is 10.2 Å². The molecule has 2 heterocycles. The van der Waals surface area contributed by atoms with Crippen molar-refractivity contribution in [1.82, 2.24) is 40.8 Å². The lowest BCUT2D eigenvalue weighted by Crippen LogP contribution is -2.08. The molecule has 3 rings (SSSR count). The Morgan fingerprint density at radius 3 is 2.83 bits per heavy atom. The summed E-state index contributed by atoms with van der Waals surface area (Å²) in [4.78, 5) is 0. The molecule has 2 aromatic heterocycles. The van der Waals surface area contributed by atoms with Gasteiger partial charge in [0.15, 0.2) is 5.82 Å². The first-order chi connectivity index (χ1) is 8.93. The molecule has 0 atom stereocenters. The first-order valence-electron chi connectivity index (χ1n) is 5.23. The third-order valence-electron chi connectivity index (χ3n) is 2.26. The van der Waals surface area contributed by atoms with E-state index in [1.165, 1.54) is 0 Å². The third kappa shape index (κ3) is 2.00. The zero-order valence-electron chi connectivity index (χ0n) is 9.22. The fourth-order valence-electron chi connectivity index (χ4n) is 1.46. The summed E-state index contributed by atoms with van der Waals surface area (Å²) < 4.78 is 1.60. The predicted octanol–water partition coefficient (Wildman–Crippen LogP) is -0.213. The van der Waals surface area contributed by atoms with Crippen LogP contribution in [0.1, 0.15) is 5.82 Å². The number of anilines is 1. The van der Waals surface area contributed by atoms with Crippen molar-refractivity contribution < 1.29 is 0 Å². The highest BCUT2D eigenvalue weighted by Gasteiger charge is 2.08. The molecule has 1 aromatic carbocycles. The van der Waals surface area contributed by atoms with Gasteiger partial charge in [-0.05, 0) is 22.6 Å². The Morgan fingerprint density at radius 1 is 1.17 bits per heavy atom. The molecule has 90 valence electrons. The maximum atomic E-state index is 3.92. The highest BCUT2D eigenvalue weighted by molar-refractivity contribution is 5.38. The van der Waals surface area contributed by atoms with Crippen LogP contribution >= 0.6 is 0 Å². The van der Waals surface area contributed by atoms with Crippen LogP contribution in [0, 0.1) is 0 Å². The lowest BCUT2D eigenvalue weighted by molar-refractivity contribution is 0.788. The lowest BCUT2D eigenvalue weighted by Gasteiger charge is -2.04. The van der Waals surface area contributed by atoms with E-state index in [9.17, 15) is 0 Å². The van der Waals surface area contributed by atoms with Crippen LogP contribution in [0.25, 0.3) is 5.69 Å². The smallest absolute Gasteiger partial charge is 0.248 e. The van der Waals surface area contributed by atoms with Gasteiger partial charge in [0.2, 0.25) is 5.95 Å².